The maximum absolute atomic E-state index is 12.6. The van der Waals surface area contributed by atoms with Gasteiger partial charge in [0.2, 0.25) is 0 Å². The van der Waals surface area contributed by atoms with Crippen molar-refractivity contribution in [3.8, 4) is 0 Å². The molecule has 1 spiro atoms. The lowest BCUT2D eigenvalue weighted by molar-refractivity contribution is -0.132. The zero-order chi connectivity index (χ0) is 14.0. The Morgan fingerprint density at radius 1 is 1.26 bits per heavy atom. The number of carbonyl (C=O) groups excluding carboxylic acids is 2. The highest BCUT2D eigenvalue weighted by atomic mass is 79.9. The molecular formula is C14H23BrN2O2. The Hall–Kier alpha value is -0.580. The number of halogens is 1. The fourth-order valence-corrected chi connectivity index (χ4v) is 3.96. The molecule has 3 amide bonds. The molecule has 2 fully saturated rings. The van der Waals surface area contributed by atoms with Gasteiger partial charge in [0.25, 0.3) is 5.91 Å². The summed E-state index contributed by atoms with van der Waals surface area (Å²) in [6, 6.07) is -0.196. The SMILES string of the molecule is CC(C)C(CBr)CN1C(=O)NC2(CCCCC2)C1=O. The first-order chi connectivity index (χ1) is 9.00. The zero-order valence-corrected chi connectivity index (χ0v) is 13.3. The Kier molecular flexibility index (Phi) is 4.54. The largest absolute Gasteiger partial charge is 0.325 e. The van der Waals surface area contributed by atoms with Crippen LogP contribution in [0.1, 0.15) is 46.0 Å². The number of carbonyl (C=O) groups is 2. The van der Waals surface area contributed by atoms with Crippen molar-refractivity contribution >= 4 is 27.9 Å². The van der Waals surface area contributed by atoms with Crippen molar-refractivity contribution in [3.05, 3.63) is 0 Å². The van der Waals surface area contributed by atoms with E-state index in [2.05, 4.69) is 35.1 Å². The van der Waals surface area contributed by atoms with Crippen LogP contribution in [0.15, 0.2) is 0 Å². The van der Waals surface area contributed by atoms with Crippen LogP contribution >= 0.6 is 15.9 Å². The van der Waals surface area contributed by atoms with Crippen molar-refractivity contribution in [1.82, 2.24) is 10.2 Å². The van der Waals surface area contributed by atoms with Gasteiger partial charge in [-0.2, -0.15) is 0 Å². The monoisotopic (exact) mass is 330 g/mol. The van der Waals surface area contributed by atoms with E-state index >= 15 is 0 Å². The minimum Gasteiger partial charge on any atom is -0.323 e. The summed E-state index contributed by atoms with van der Waals surface area (Å²) in [5, 5.41) is 3.77. The highest BCUT2D eigenvalue weighted by molar-refractivity contribution is 9.09. The Bertz CT molecular complexity index is 364. The fourth-order valence-electron chi connectivity index (χ4n) is 3.01. The van der Waals surface area contributed by atoms with E-state index in [1.807, 2.05) is 0 Å². The molecule has 0 aromatic rings. The van der Waals surface area contributed by atoms with Gasteiger partial charge in [-0.25, -0.2) is 4.79 Å². The molecule has 19 heavy (non-hydrogen) atoms. The summed E-state index contributed by atoms with van der Waals surface area (Å²) in [7, 11) is 0. The van der Waals surface area contributed by atoms with Gasteiger partial charge in [-0.05, 0) is 24.7 Å². The lowest BCUT2D eigenvalue weighted by Gasteiger charge is -2.31. The van der Waals surface area contributed by atoms with Crippen LogP contribution in [-0.2, 0) is 4.79 Å². The number of nitrogens with one attached hydrogen (secondary N) is 1. The Labute approximate surface area is 123 Å². The molecule has 0 bridgehead atoms. The zero-order valence-electron chi connectivity index (χ0n) is 11.7. The fraction of sp³-hybridized carbons (Fsp3) is 0.857. The molecule has 1 saturated heterocycles. The van der Waals surface area contributed by atoms with Crippen molar-refractivity contribution in [2.75, 3.05) is 11.9 Å². The van der Waals surface area contributed by atoms with Crippen LogP contribution < -0.4 is 5.32 Å². The van der Waals surface area contributed by atoms with Gasteiger partial charge >= 0.3 is 6.03 Å². The van der Waals surface area contributed by atoms with Crippen LogP contribution in [0.3, 0.4) is 0 Å². The summed E-state index contributed by atoms with van der Waals surface area (Å²) in [5.74, 6) is 0.764. The Morgan fingerprint density at radius 3 is 2.42 bits per heavy atom. The standard InChI is InChI=1S/C14H23BrN2O2/c1-10(2)11(8-15)9-17-12(18)14(16-13(17)19)6-4-3-5-7-14/h10-11H,3-9H2,1-2H3,(H,16,19). The molecule has 0 aromatic heterocycles. The number of hydrogen-bond acceptors (Lipinski definition) is 2. The summed E-state index contributed by atoms with van der Waals surface area (Å²) in [4.78, 5) is 26.1. The Morgan fingerprint density at radius 2 is 1.89 bits per heavy atom. The predicted octanol–water partition coefficient (Wildman–Crippen LogP) is 2.91. The molecule has 1 unspecified atom stereocenters. The van der Waals surface area contributed by atoms with Crippen molar-refractivity contribution < 1.29 is 9.59 Å². The minimum atomic E-state index is -0.580. The third-order valence-corrected chi connectivity index (χ3v) is 5.34. The van der Waals surface area contributed by atoms with E-state index < -0.39 is 5.54 Å². The molecular weight excluding hydrogens is 308 g/mol. The summed E-state index contributed by atoms with van der Waals surface area (Å²) >= 11 is 3.48. The number of urea groups is 1. The van der Waals surface area contributed by atoms with E-state index in [4.69, 9.17) is 0 Å². The summed E-state index contributed by atoms with van der Waals surface area (Å²) < 4.78 is 0. The maximum atomic E-state index is 12.6. The van der Waals surface area contributed by atoms with E-state index in [0.717, 1.165) is 31.0 Å². The first-order valence-electron chi connectivity index (χ1n) is 7.20. The number of amides is 3. The van der Waals surface area contributed by atoms with Crippen LogP contribution in [0, 0.1) is 11.8 Å². The third-order valence-electron chi connectivity index (χ3n) is 4.51. The number of rotatable bonds is 4. The molecule has 0 aromatic carbocycles. The molecule has 1 saturated carbocycles. The molecule has 4 nitrogen and oxygen atoms in total. The molecule has 2 aliphatic rings. The number of imide groups is 1. The Balaban J connectivity index is 2.10. The van der Waals surface area contributed by atoms with Crippen LogP contribution in [0.4, 0.5) is 4.79 Å². The normalized spacial score (nSPS) is 24.1. The lowest BCUT2D eigenvalue weighted by atomic mass is 9.81. The number of hydrogen-bond donors (Lipinski definition) is 1. The number of nitrogens with zero attached hydrogens (tertiary/aromatic N) is 1. The van der Waals surface area contributed by atoms with E-state index in [0.29, 0.717) is 18.4 Å². The van der Waals surface area contributed by atoms with Crippen molar-refractivity contribution in [2.24, 2.45) is 11.8 Å². The smallest absolute Gasteiger partial charge is 0.323 e. The molecule has 1 atom stereocenters. The predicted molar refractivity (Wildman–Crippen MR) is 78.2 cm³/mol. The maximum Gasteiger partial charge on any atom is 0.325 e. The van der Waals surface area contributed by atoms with Gasteiger partial charge in [0, 0.05) is 11.9 Å². The third kappa shape index (κ3) is 2.81. The van der Waals surface area contributed by atoms with E-state index in [1.54, 1.807) is 0 Å². The topological polar surface area (TPSA) is 49.4 Å². The summed E-state index contributed by atoms with van der Waals surface area (Å²) in [6.45, 7) is 4.77. The first-order valence-corrected chi connectivity index (χ1v) is 8.32. The highest BCUT2D eigenvalue weighted by Gasteiger charge is 2.51. The lowest BCUT2D eigenvalue weighted by Crippen LogP contribution is -2.48. The van der Waals surface area contributed by atoms with E-state index in [1.165, 1.54) is 11.3 Å². The van der Waals surface area contributed by atoms with Gasteiger partial charge in [-0.15, -0.1) is 0 Å². The quantitative estimate of drug-likeness (QED) is 0.636. The van der Waals surface area contributed by atoms with Gasteiger partial charge in [-0.1, -0.05) is 49.0 Å². The van der Waals surface area contributed by atoms with Gasteiger partial charge in [0.15, 0.2) is 0 Å². The molecule has 1 N–H and O–H groups in total. The molecule has 0 radical (unpaired) electrons. The van der Waals surface area contributed by atoms with E-state index in [-0.39, 0.29) is 11.9 Å². The van der Waals surface area contributed by atoms with E-state index in [9.17, 15) is 9.59 Å². The molecule has 1 aliphatic carbocycles. The average molecular weight is 331 g/mol. The van der Waals surface area contributed by atoms with Gasteiger partial charge in [0.1, 0.15) is 5.54 Å². The summed E-state index contributed by atoms with van der Waals surface area (Å²) in [6.07, 6.45) is 4.84. The highest BCUT2D eigenvalue weighted by Crippen LogP contribution is 2.34. The molecule has 2 rings (SSSR count). The first kappa shape index (κ1) is 14.8. The summed E-state index contributed by atoms with van der Waals surface area (Å²) in [5.41, 5.74) is -0.580. The van der Waals surface area contributed by atoms with Gasteiger partial charge < -0.3 is 5.32 Å². The minimum absolute atomic E-state index is 0.00352. The number of alkyl halides is 1. The molecule has 1 heterocycles. The van der Waals surface area contributed by atoms with Crippen molar-refractivity contribution in [1.29, 1.82) is 0 Å². The molecule has 108 valence electrons. The van der Waals surface area contributed by atoms with Gasteiger partial charge in [0.05, 0.1) is 0 Å². The van der Waals surface area contributed by atoms with Crippen LogP contribution in [0.25, 0.3) is 0 Å². The van der Waals surface area contributed by atoms with Crippen LogP contribution in [0.5, 0.6) is 0 Å². The molecule has 5 heteroatoms. The second kappa shape index (κ2) is 5.81. The van der Waals surface area contributed by atoms with Gasteiger partial charge in [-0.3, -0.25) is 9.69 Å². The van der Waals surface area contributed by atoms with Crippen molar-refractivity contribution in [2.45, 2.75) is 51.5 Å². The van der Waals surface area contributed by atoms with Crippen molar-refractivity contribution in [3.63, 3.8) is 0 Å². The van der Waals surface area contributed by atoms with Crippen LogP contribution in [0.2, 0.25) is 0 Å². The second-order valence-electron chi connectivity index (χ2n) is 6.15. The second-order valence-corrected chi connectivity index (χ2v) is 6.79. The average Bonchev–Trinajstić information content (AvgIpc) is 2.60. The van der Waals surface area contributed by atoms with Crippen LogP contribution in [-0.4, -0.2) is 34.3 Å². The molecule has 1 aliphatic heterocycles.